The van der Waals surface area contributed by atoms with Crippen LogP contribution in [0.2, 0.25) is 5.02 Å². The first kappa shape index (κ1) is 23.8. The standard InChI is InChI=1S/C23H23ClF3N3O2/c24-20-8-6-17(14-19(20)23(25,26)27)7-9-22(32)30-12-10-29(11-13-30)16-21(31)28-15-18-4-2-1-3-5-18/h1-9,14H,10-13,15-16H2,(H,28,31). The van der Waals surface area contributed by atoms with Crippen molar-refractivity contribution in [2.75, 3.05) is 32.7 Å². The summed E-state index contributed by atoms with van der Waals surface area (Å²) < 4.78 is 38.9. The number of piperazine rings is 1. The van der Waals surface area contributed by atoms with Crippen LogP contribution in [0.4, 0.5) is 13.2 Å². The summed E-state index contributed by atoms with van der Waals surface area (Å²) in [5.41, 5.74) is 0.322. The fourth-order valence-electron chi connectivity index (χ4n) is 3.32. The summed E-state index contributed by atoms with van der Waals surface area (Å²) in [7, 11) is 0. The van der Waals surface area contributed by atoms with Crippen LogP contribution in [0, 0.1) is 0 Å². The van der Waals surface area contributed by atoms with E-state index in [1.54, 1.807) is 4.90 Å². The van der Waals surface area contributed by atoms with E-state index in [1.807, 2.05) is 35.2 Å². The average Bonchev–Trinajstić information content (AvgIpc) is 2.77. The molecule has 1 fully saturated rings. The van der Waals surface area contributed by atoms with Crippen LogP contribution in [0.1, 0.15) is 16.7 Å². The molecule has 32 heavy (non-hydrogen) atoms. The number of carbonyl (C=O) groups is 2. The van der Waals surface area contributed by atoms with Crippen molar-refractivity contribution in [1.82, 2.24) is 15.1 Å². The molecule has 1 N–H and O–H groups in total. The molecular formula is C23H23ClF3N3O2. The molecule has 0 unspecified atom stereocenters. The Morgan fingerprint density at radius 1 is 1.03 bits per heavy atom. The molecule has 1 saturated heterocycles. The summed E-state index contributed by atoms with van der Waals surface area (Å²) in [5, 5.41) is 2.49. The number of rotatable bonds is 6. The molecule has 0 saturated carbocycles. The molecule has 0 bridgehead atoms. The summed E-state index contributed by atoms with van der Waals surface area (Å²) in [5.74, 6) is -0.376. The van der Waals surface area contributed by atoms with Crippen LogP contribution in [-0.4, -0.2) is 54.3 Å². The lowest BCUT2D eigenvalue weighted by Gasteiger charge is -2.33. The lowest BCUT2D eigenvalue weighted by Crippen LogP contribution is -2.50. The van der Waals surface area contributed by atoms with Gasteiger partial charge in [0.25, 0.3) is 0 Å². The highest BCUT2D eigenvalue weighted by Gasteiger charge is 2.33. The van der Waals surface area contributed by atoms with Gasteiger partial charge in [-0.3, -0.25) is 14.5 Å². The first-order chi connectivity index (χ1) is 15.2. The first-order valence-electron chi connectivity index (χ1n) is 10.1. The summed E-state index contributed by atoms with van der Waals surface area (Å²) in [6.45, 7) is 2.65. The van der Waals surface area contributed by atoms with Gasteiger partial charge in [0.1, 0.15) is 0 Å². The molecule has 5 nitrogen and oxygen atoms in total. The van der Waals surface area contributed by atoms with Crippen molar-refractivity contribution in [2.24, 2.45) is 0 Å². The summed E-state index contributed by atoms with van der Waals surface area (Å²) in [6, 6.07) is 13.1. The molecule has 2 aromatic rings. The first-order valence-corrected chi connectivity index (χ1v) is 10.5. The third-order valence-electron chi connectivity index (χ3n) is 5.10. The largest absolute Gasteiger partial charge is 0.417 e. The van der Waals surface area contributed by atoms with E-state index in [4.69, 9.17) is 11.6 Å². The number of benzene rings is 2. The van der Waals surface area contributed by atoms with Crippen LogP contribution >= 0.6 is 11.6 Å². The zero-order valence-electron chi connectivity index (χ0n) is 17.2. The second kappa shape index (κ2) is 10.7. The Bertz CT molecular complexity index is 972. The Hall–Kier alpha value is -2.84. The van der Waals surface area contributed by atoms with Gasteiger partial charge in [-0.2, -0.15) is 13.2 Å². The number of carbonyl (C=O) groups excluding carboxylic acids is 2. The van der Waals surface area contributed by atoms with E-state index in [0.29, 0.717) is 32.7 Å². The highest BCUT2D eigenvalue weighted by molar-refractivity contribution is 6.31. The second-order valence-electron chi connectivity index (χ2n) is 7.43. The third-order valence-corrected chi connectivity index (χ3v) is 5.43. The smallest absolute Gasteiger partial charge is 0.351 e. The van der Waals surface area contributed by atoms with Crippen molar-refractivity contribution in [3.05, 3.63) is 76.3 Å². The Labute approximate surface area is 189 Å². The third kappa shape index (κ3) is 6.83. The summed E-state index contributed by atoms with van der Waals surface area (Å²) in [4.78, 5) is 28.1. The molecule has 170 valence electrons. The van der Waals surface area contributed by atoms with Crippen molar-refractivity contribution in [2.45, 2.75) is 12.7 Å². The maximum atomic E-state index is 13.0. The highest BCUT2D eigenvalue weighted by Crippen LogP contribution is 2.35. The maximum absolute atomic E-state index is 13.0. The van der Waals surface area contributed by atoms with Gasteiger partial charge in [-0.15, -0.1) is 0 Å². The van der Waals surface area contributed by atoms with Crippen LogP contribution in [0.5, 0.6) is 0 Å². The van der Waals surface area contributed by atoms with Crippen LogP contribution < -0.4 is 5.32 Å². The molecule has 0 spiro atoms. The highest BCUT2D eigenvalue weighted by atomic mass is 35.5. The lowest BCUT2D eigenvalue weighted by molar-refractivity contribution is -0.137. The number of hydrogen-bond acceptors (Lipinski definition) is 3. The van der Waals surface area contributed by atoms with Gasteiger partial charge in [0.05, 0.1) is 17.1 Å². The zero-order valence-corrected chi connectivity index (χ0v) is 18.0. The fourth-order valence-corrected chi connectivity index (χ4v) is 3.54. The SMILES string of the molecule is O=C(CN1CCN(C(=O)C=Cc2ccc(Cl)c(C(F)(F)F)c2)CC1)NCc1ccccc1. The predicted octanol–water partition coefficient (Wildman–Crippen LogP) is 3.83. The van der Waals surface area contributed by atoms with Crippen LogP contribution in [-0.2, 0) is 22.3 Å². The summed E-state index contributed by atoms with van der Waals surface area (Å²) in [6.07, 6.45) is -1.96. The van der Waals surface area contributed by atoms with Crippen LogP contribution in [0.3, 0.4) is 0 Å². The van der Waals surface area contributed by atoms with E-state index in [0.717, 1.165) is 17.7 Å². The van der Waals surface area contributed by atoms with Gasteiger partial charge in [-0.25, -0.2) is 0 Å². The van der Waals surface area contributed by atoms with Gasteiger partial charge >= 0.3 is 6.18 Å². The molecule has 1 heterocycles. The van der Waals surface area contributed by atoms with Crippen LogP contribution in [0.15, 0.2) is 54.6 Å². The van der Waals surface area contributed by atoms with Gasteiger partial charge in [0.2, 0.25) is 11.8 Å². The minimum absolute atomic E-state index is 0.0864. The number of alkyl halides is 3. The fraction of sp³-hybridized carbons (Fsp3) is 0.304. The van der Waals surface area contributed by atoms with E-state index in [9.17, 15) is 22.8 Å². The lowest BCUT2D eigenvalue weighted by atomic mass is 10.1. The van der Waals surface area contributed by atoms with Crippen molar-refractivity contribution >= 4 is 29.5 Å². The van der Waals surface area contributed by atoms with Gasteiger partial charge in [-0.1, -0.05) is 48.0 Å². The summed E-state index contributed by atoms with van der Waals surface area (Å²) >= 11 is 5.61. The molecule has 1 aliphatic rings. The zero-order chi connectivity index (χ0) is 23.1. The monoisotopic (exact) mass is 465 g/mol. The van der Waals surface area contributed by atoms with Crippen molar-refractivity contribution in [3.63, 3.8) is 0 Å². The quantitative estimate of drug-likeness (QED) is 0.660. The predicted molar refractivity (Wildman–Crippen MR) is 117 cm³/mol. The second-order valence-corrected chi connectivity index (χ2v) is 7.84. The van der Waals surface area contributed by atoms with E-state index >= 15 is 0 Å². The van der Waals surface area contributed by atoms with E-state index in [1.165, 1.54) is 18.2 Å². The molecule has 0 atom stereocenters. The normalized spacial score (nSPS) is 15.2. The van der Waals surface area contributed by atoms with Gasteiger partial charge in [0, 0.05) is 38.8 Å². The number of nitrogens with zero attached hydrogens (tertiary/aromatic N) is 2. The molecule has 3 rings (SSSR count). The average molecular weight is 466 g/mol. The molecule has 2 amide bonds. The van der Waals surface area contributed by atoms with E-state index < -0.39 is 11.7 Å². The molecular weight excluding hydrogens is 443 g/mol. The van der Waals surface area contributed by atoms with E-state index in [2.05, 4.69) is 5.32 Å². The minimum atomic E-state index is -4.56. The number of amides is 2. The van der Waals surface area contributed by atoms with Gasteiger partial charge in [0.15, 0.2) is 0 Å². The molecule has 0 radical (unpaired) electrons. The van der Waals surface area contributed by atoms with Gasteiger partial charge < -0.3 is 10.2 Å². The molecule has 0 aromatic heterocycles. The maximum Gasteiger partial charge on any atom is 0.417 e. The topological polar surface area (TPSA) is 52.7 Å². The Balaban J connectivity index is 1.45. The van der Waals surface area contributed by atoms with E-state index in [-0.39, 0.29) is 28.9 Å². The Morgan fingerprint density at radius 3 is 2.38 bits per heavy atom. The van der Waals surface area contributed by atoms with Crippen molar-refractivity contribution < 1.29 is 22.8 Å². The molecule has 1 aliphatic heterocycles. The Morgan fingerprint density at radius 2 is 1.72 bits per heavy atom. The van der Waals surface area contributed by atoms with Gasteiger partial charge in [-0.05, 0) is 29.3 Å². The molecule has 0 aliphatic carbocycles. The number of hydrogen-bond donors (Lipinski definition) is 1. The molecule has 2 aromatic carbocycles. The van der Waals surface area contributed by atoms with Crippen LogP contribution in [0.25, 0.3) is 6.08 Å². The molecule has 9 heteroatoms. The Kier molecular flexibility index (Phi) is 7.93. The van der Waals surface area contributed by atoms with Crippen molar-refractivity contribution in [3.8, 4) is 0 Å². The van der Waals surface area contributed by atoms with Crippen molar-refractivity contribution in [1.29, 1.82) is 0 Å². The number of halogens is 4. The number of nitrogens with one attached hydrogen (secondary N) is 1. The minimum Gasteiger partial charge on any atom is -0.351 e.